The Morgan fingerprint density at radius 2 is 1.67 bits per heavy atom. The molecule has 1 aromatic rings. The first-order valence-electron chi connectivity index (χ1n) is 7.13. The number of hydrogen-bond acceptors (Lipinski definition) is 1. The summed E-state index contributed by atoms with van der Waals surface area (Å²) in [6.07, 6.45) is 6.65. The third-order valence-corrected chi connectivity index (χ3v) is 4.18. The molecule has 1 heteroatoms. The number of hydrogen-bond donors (Lipinski definition) is 0. The van der Waals surface area contributed by atoms with Crippen molar-refractivity contribution in [2.45, 2.75) is 44.6 Å². The van der Waals surface area contributed by atoms with Crippen LogP contribution in [0.15, 0.2) is 24.3 Å². The van der Waals surface area contributed by atoms with E-state index in [1.165, 1.54) is 50.8 Å². The second-order valence-electron chi connectivity index (χ2n) is 5.70. The van der Waals surface area contributed by atoms with Crippen LogP contribution in [0, 0.1) is 18.8 Å². The predicted octanol–water partition coefficient (Wildman–Crippen LogP) is 3.37. The minimum Gasteiger partial charge on any atom is -0.287 e. The summed E-state index contributed by atoms with van der Waals surface area (Å²) >= 11 is 0. The summed E-state index contributed by atoms with van der Waals surface area (Å²) in [6, 6.07) is 8.55. The maximum atomic E-state index is 3.55. The monoisotopic (exact) mass is 239 g/mol. The van der Waals surface area contributed by atoms with Crippen LogP contribution in [0.4, 0.5) is 0 Å². The molecule has 0 radical (unpaired) electrons. The minimum atomic E-state index is 0.241. The van der Waals surface area contributed by atoms with Gasteiger partial charge in [0.2, 0.25) is 0 Å². The lowest BCUT2D eigenvalue weighted by molar-refractivity contribution is 0.182. The molecule has 0 atom stereocenters. The van der Waals surface area contributed by atoms with Crippen molar-refractivity contribution in [2.24, 2.45) is 0 Å². The van der Waals surface area contributed by atoms with Crippen LogP contribution in [0.1, 0.15) is 43.2 Å². The molecule has 1 aromatic carbocycles. The SMILES string of the molecule is Cc1ccc(C#CC2(N3CCCCC3)CC2)cc1. The van der Waals surface area contributed by atoms with Crippen LogP contribution in [0.2, 0.25) is 0 Å². The molecule has 0 N–H and O–H groups in total. The molecular formula is C17H21N. The van der Waals surface area contributed by atoms with Gasteiger partial charge in [-0.3, -0.25) is 4.90 Å². The van der Waals surface area contributed by atoms with E-state index < -0.39 is 0 Å². The molecular weight excluding hydrogens is 218 g/mol. The Labute approximate surface area is 110 Å². The Hall–Kier alpha value is -1.26. The second-order valence-corrected chi connectivity index (χ2v) is 5.70. The zero-order valence-electron chi connectivity index (χ0n) is 11.2. The maximum Gasteiger partial charge on any atom is 0.0831 e. The maximum absolute atomic E-state index is 3.55. The van der Waals surface area contributed by atoms with Crippen molar-refractivity contribution in [2.75, 3.05) is 13.1 Å². The lowest BCUT2D eigenvalue weighted by Gasteiger charge is -2.31. The highest BCUT2D eigenvalue weighted by Crippen LogP contribution is 2.42. The van der Waals surface area contributed by atoms with Gasteiger partial charge >= 0.3 is 0 Å². The van der Waals surface area contributed by atoms with Gasteiger partial charge in [0.1, 0.15) is 0 Å². The zero-order valence-corrected chi connectivity index (χ0v) is 11.2. The van der Waals surface area contributed by atoms with Gasteiger partial charge < -0.3 is 0 Å². The van der Waals surface area contributed by atoms with E-state index in [9.17, 15) is 0 Å². The summed E-state index contributed by atoms with van der Waals surface area (Å²) in [6.45, 7) is 4.62. The highest BCUT2D eigenvalue weighted by Gasteiger charge is 2.46. The number of likely N-dealkylation sites (tertiary alicyclic amines) is 1. The average molecular weight is 239 g/mol. The van der Waals surface area contributed by atoms with Crippen molar-refractivity contribution in [3.8, 4) is 11.8 Å². The number of benzene rings is 1. The summed E-state index contributed by atoms with van der Waals surface area (Å²) in [7, 11) is 0. The van der Waals surface area contributed by atoms with Crippen molar-refractivity contribution in [3.63, 3.8) is 0 Å². The third-order valence-electron chi connectivity index (χ3n) is 4.18. The molecule has 0 aromatic heterocycles. The topological polar surface area (TPSA) is 3.24 Å². The van der Waals surface area contributed by atoms with Crippen LogP contribution in [0.3, 0.4) is 0 Å². The van der Waals surface area contributed by atoms with Crippen molar-refractivity contribution < 1.29 is 0 Å². The summed E-state index contributed by atoms with van der Waals surface area (Å²) in [5, 5.41) is 0. The number of nitrogens with zero attached hydrogens (tertiary/aromatic N) is 1. The molecule has 1 aliphatic heterocycles. The minimum absolute atomic E-state index is 0.241. The molecule has 2 aliphatic rings. The molecule has 3 rings (SSSR count). The van der Waals surface area contributed by atoms with E-state index in [0.29, 0.717) is 0 Å². The normalized spacial score (nSPS) is 22.1. The Bertz CT molecular complexity index is 465. The smallest absolute Gasteiger partial charge is 0.0831 e. The molecule has 94 valence electrons. The molecule has 18 heavy (non-hydrogen) atoms. The fourth-order valence-electron chi connectivity index (χ4n) is 2.79. The molecule has 1 aliphatic carbocycles. The summed E-state index contributed by atoms with van der Waals surface area (Å²) in [5.41, 5.74) is 2.70. The van der Waals surface area contributed by atoms with Crippen LogP contribution in [0.5, 0.6) is 0 Å². The quantitative estimate of drug-likeness (QED) is 0.679. The van der Waals surface area contributed by atoms with Crippen LogP contribution >= 0.6 is 0 Å². The molecule has 1 nitrogen and oxygen atoms in total. The number of rotatable bonds is 1. The van der Waals surface area contributed by atoms with Crippen molar-refractivity contribution in [1.82, 2.24) is 4.90 Å². The lowest BCUT2D eigenvalue weighted by atomic mass is 10.1. The molecule has 2 fully saturated rings. The van der Waals surface area contributed by atoms with Crippen LogP contribution in [-0.4, -0.2) is 23.5 Å². The van der Waals surface area contributed by atoms with Gasteiger partial charge in [0.15, 0.2) is 0 Å². The van der Waals surface area contributed by atoms with E-state index in [1.807, 2.05) is 0 Å². The first-order chi connectivity index (χ1) is 8.78. The third kappa shape index (κ3) is 2.44. The molecule has 1 saturated heterocycles. The van der Waals surface area contributed by atoms with Gasteiger partial charge in [0.25, 0.3) is 0 Å². The predicted molar refractivity (Wildman–Crippen MR) is 75.4 cm³/mol. The first-order valence-corrected chi connectivity index (χ1v) is 7.13. The largest absolute Gasteiger partial charge is 0.287 e. The Kier molecular flexibility index (Phi) is 3.14. The highest BCUT2D eigenvalue weighted by atomic mass is 15.2. The first kappa shape index (κ1) is 11.8. The van der Waals surface area contributed by atoms with Crippen LogP contribution in [-0.2, 0) is 0 Å². The van der Waals surface area contributed by atoms with E-state index in [4.69, 9.17) is 0 Å². The summed E-state index contributed by atoms with van der Waals surface area (Å²) < 4.78 is 0. The van der Waals surface area contributed by atoms with Crippen molar-refractivity contribution in [3.05, 3.63) is 35.4 Å². The van der Waals surface area contributed by atoms with Crippen molar-refractivity contribution >= 4 is 0 Å². The fourth-order valence-corrected chi connectivity index (χ4v) is 2.79. The Balaban J connectivity index is 1.74. The molecule has 0 spiro atoms. The number of piperidine rings is 1. The van der Waals surface area contributed by atoms with Gasteiger partial charge in [0, 0.05) is 5.56 Å². The fraction of sp³-hybridized carbons (Fsp3) is 0.529. The second kappa shape index (κ2) is 4.78. The van der Waals surface area contributed by atoms with E-state index >= 15 is 0 Å². The van der Waals surface area contributed by atoms with Crippen LogP contribution in [0.25, 0.3) is 0 Å². The lowest BCUT2D eigenvalue weighted by Crippen LogP contribution is -2.40. The van der Waals surface area contributed by atoms with Gasteiger partial charge in [0.05, 0.1) is 5.54 Å². The van der Waals surface area contributed by atoms with E-state index in [-0.39, 0.29) is 5.54 Å². The van der Waals surface area contributed by atoms with E-state index in [1.54, 1.807) is 0 Å². The number of aryl methyl sites for hydroxylation is 1. The standard InChI is InChI=1S/C17H21N/c1-15-5-7-16(8-6-15)9-10-17(11-12-17)18-13-3-2-4-14-18/h5-8H,2-4,11-14H2,1H3. The van der Waals surface area contributed by atoms with Crippen LogP contribution < -0.4 is 0 Å². The van der Waals surface area contributed by atoms with Gasteiger partial charge in [-0.2, -0.15) is 0 Å². The van der Waals surface area contributed by atoms with E-state index in [2.05, 4.69) is 47.9 Å². The molecule has 1 saturated carbocycles. The average Bonchev–Trinajstić information content (AvgIpc) is 3.20. The van der Waals surface area contributed by atoms with Gasteiger partial charge in [-0.15, -0.1) is 0 Å². The summed E-state index contributed by atoms with van der Waals surface area (Å²) in [4.78, 5) is 2.62. The van der Waals surface area contributed by atoms with E-state index in [0.717, 1.165) is 5.56 Å². The molecule has 0 amide bonds. The highest BCUT2D eigenvalue weighted by molar-refractivity contribution is 5.40. The zero-order chi connectivity index (χ0) is 12.4. The van der Waals surface area contributed by atoms with Gasteiger partial charge in [-0.25, -0.2) is 0 Å². The summed E-state index contributed by atoms with van der Waals surface area (Å²) in [5.74, 6) is 6.93. The van der Waals surface area contributed by atoms with Gasteiger partial charge in [-0.1, -0.05) is 36.0 Å². The molecule has 0 unspecified atom stereocenters. The van der Waals surface area contributed by atoms with Gasteiger partial charge in [-0.05, 0) is 57.8 Å². The Morgan fingerprint density at radius 3 is 2.28 bits per heavy atom. The van der Waals surface area contributed by atoms with Crippen molar-refractivity contribution in [1.29, 1.82) is 0 Å². The Morgan fingerprint density at radius 1 is 1.00 bits per heavy atom. The molecule has 1 heterocycles. The molecule has 0 bridgehead atoms.